The minimum Gasteiger partial charge on any atom is -0.481 e. The highest BCUT2D eigenvalue weighted by Gasteiger charge is 1.96. The predicted molar refractivity (Wildman–Crippen MR) is 113 cm³/mol. The zero-order chi connectivity index (χ0) is 19.1. The van der Waals surface area contributed by atoms with Crippen LogP contribution in [0.15, 0.2) is 0 Å². The van der Waals surface area contributed by atoms with Gasteiger partial charge in [0, 0.05) is 19.3 Å². The fraction of sp³-hybridized carbons (Fsp3) is 0.875. The largest absolute Gasteiger partial charge is 0.481 e. The summed E-state index contributed by atoms with van der Waals surface area (Å²) in [7, 11) is 0. The first-order chi connectivity index (χ1) is 12.8. The van der Waals surface area contributed by atoms with Crippen LogP contribution in [-0.2, 0) is 4.79 Å². The Labute approximate surface area is 163 Å². The van der Waals surface area contributed by atoms with Crippen LogP contribution in [0.4, 0.5) is 0 Å². The third kappa shape index (κ3) is 23.0. The van der Waals surface area contributed by atoms with Crippen molar-refractivity contribution in [1.82, 2.24) is 0 Å². The summed E-state index contributed by atoms with van der Waals surface area (Å²) < 4.78 is 0. The Kier molecular flexibility index (Phi) is 21.2. The standard InChI is InChI=1S/C24H44O2/c1-2-3-4-5-6-7-8-9-10-11-12-13-14-15-16-17-18-19-20-21-22-23-24(25)26/h2-13,16-23H2,1H3,(H,25,26). The van der Waals surface area contributed by atoms with Crippen LogP contribution >= 0.6 is 0 Å². The van der Waals surface area contributed by atoms with Gasteiger partial charge in [0.15, 0.2) is 0 Å². The van der Waals surface area contributed by atoms with Gasteiger partial charge in [-0.2, -0.15) is 0 Å². The van der Waals surface area contributed by atoms with Crippen molar-refractivity contribution in [2.24, 2.45) is 0 Å². The number of aliphatic carboxylic acids is 1. The average molecular weight is 365 g/mol. The first-order valence-electron chi connectivity index (χ1n) is 11.4. The molecule has 0 heterocycles. The molecule has 0 aliphatic heterocycles. The van der Waals surface area contributed by atoms with Crippen LogP contribution in [0.1, 0.15) is 135 Å². The fourth-order valence-electron chi connectivity index (χ4n) is 3.25. The maximum absolute atomic E-state index is 10.4. The highest BCUT2D eigenvalue weighted by atomic mass is 16.4. The molecule has 0 unspecified atom stereocenters. The molecule has 0 aliphatic rings. The van der Waals surface area contributed by atoms with Crippen molar-refractivity contribution >= 4 is 5.97 Å². The van der Waals surface area contributed by atoms with E-state index in [0.717, 1.165) is 25.7 Å². The van der Waals surface area contributed by atoms with Crippen molar-refractivity contribution in [3.05, 3.63) is 0 Å². The summed E-state index contributed by atoms with van der Waals surface area (Å²) >= 11 is 0. The Hall–Kier alpha value is -0.970. The average Bonchev–Trinajstić information content (AvgIpc) is 2.62. The van der Waals surface area contributed by atoms with E-state index in [1.165, 1.54) is 96.3 Å². The van der Waals surface area contributed by atoms with Gasteiger partial charge < -0.3 is 5.11 Å². The van der Waals surface area contributed by atoms with Crippen molar-refractivity contribution in [3.8, 4) is 11.8 Å². The number of carboxylic acid groups (broad SMARTS) is 1. The Morgan fingerprint density at radius 3 is 1.31 bits per heavy atom. The van der Waals surface area contributed by atoms with Crippen molar-refractivity contribution in [2.75, 3.05) is 0 Å². The number of carboxylic acids is 1. The van der Waals surface area contributed by atoms with Crippen LogP contribution in [0.25, 0.3) is 0 Å². The molecule has 0 aromatic heterocycles. The van der Waals surface area contributed by atoms with Gasteiger partial charge >= 0.3 is 5.97 Å². The van der Waals surface area contributed by atoms with Crippen molar-refractivity contribution in [2.45, 2.75) is 135 Å². The molecule has 0 aromatic carbocycles. The van der Waals surface area contributed by atoms with Gasteiger partial charge in [0.1, 0.15) is 0 Å². The molecular formula is C24H44O2. The van der Waals surface area contributed by atoms with Crippen LogP contribution < -0.4 is 0 Å². The lowest BCUT2D eigenvalue weighted by Gasteiger charge is -2.01. The van der Waals surface area contributed by atoms with E-state index in [-0.39, 0.29) is 0 Å². The van der Waals surface area contributed by atoms with Gasteiger partial charge in [0.2, 0.25) is 0 Å². The summed E-state index contributed by atoms with van der Waals surface area (Å²) in [5, 5.41) is 8.56. The smallest absolute Gasteiger partial charge is 0.303 e. The van der Waals surface area contributed by atoms with Gasteiger partial charge in [-0.25, -0.2) is 0 Å². The zero-order valence-electron chi connectivity index (χ0n) is 17.5. The van der Waals surface area contributed by atoms with Gasteiger partial charge in [-0.1, -0.05) is 96.8 Å². The fourth-order valence-corrected chi connectivity index (χ4v) is 3.25. The molecule has 0 amide bonds. The number of carbonyl (C=O) groups is 1. The summed E-state index contributed by atoms with van der Waals surface area (Å²) in [6.45, 7) is 2.28. The molecule has 0 rings (SSSR count). The lowest BCUT2D eigenvalue weighted by molar-refractivity contribution is -0.137. The molecule has 2 nitrogen and oxygen atoms in total. The highest BCUT2D eigenvalue weighted by molar-refractivity contribution is 5.66. The van der Waals surface area contributed by atoms with Crippen molar-refractivity contribution < 1.29 is 9.90 Å². The Morgan fingerprint density at radius 1 is 0.577 bits per heavy atom. The molecule has 0 bridgehead atoms. The lowest BCUT2D eigenvalue weighted by atomic mass is 10.1. The SMILES string of the molecule is CCCCCCCCCCCCCC#CCCCCCCCCC(=O)O. The number of hydrogen-bond acceptors (Lipinski definition) is 1. The summed E-state index contributed by atoms with van der Waals surface area (Å²) in [6.07, 6.45) is 24.5. The zero-order valence-corrected chi connectivity index (χ0v) is 17.5. The maximum Gasteiger partial charge on any atom is 0.303 e. The van der Waals surface area contributed by atoms with Crippen LogP contribution in [0, 0.1) is 11.8 Å². The van der Waals surface area contributed by atoms with E-state index in [2.05, 4.69) is 18.8 Å². The molecule has 0 aromatic rings. The molecule has 152 valence electrons. The summed E-state index contributed by atoms with van der Waals surface area (Å²) in [4.78, 5) is 10.4. The van der Waals surface area contributed by atoms with E-state index in [0.29, 0.717) is 6.42 Å². The molecule has 0 radical (unpaired) electrons. The Bertz CT molecular complexity index is 351. The van der Waals surface area contributed by atoms with Crippen LogP contribution in [-0.4, -0.2) is 11.1 Å². The molecule has 0 aliphatic carbocycles. The first kappa shape index (κ1) is 25.0. The second-order valence-corrected chi connectivity index (χ2v) is 7.65. The Morgan fingerprint density at radius 2 is 0.923 bits per heavy atom. The third-order valence-corrected chi connectivity index (χ3v) is 4.97. The first-order valence-corrected chi connectivity index (χ1v) is 11.4. The van der Waals surface area contributed by atoms with Crippen molar-refractivity contribution in [3.63, 3.8) is 0 Å². The molecule has 0 saturated heterocycles. The number of unbranched alkanes of at least 4 members (excludes halogenated alkanes) is 17. The predicted octanol–water partition coefficient (Wildman–Crippen LogP) is 7.90. The second kappa shape index (κ2) is 22.1. The van der Waals surface area contributed by atoms with Gasteiger partial charge in [0.25, 0.3) is 0 Å². The summed E-state index contributed by atoms with van der Waals surface area (Å²) in [5.41, 5.74) is 0. The minimum absolute atomic E-state index is 0.324. The lowest BCUT2D eigenvalue weighted by Crippen LogP contribution is -1.93. The van der Waals surface area contributed by atoms with E-state index < -0.39 is 5.97 Å². The number of rotatable bonds is 19. The molecule has 26 heavy (non-hydrogen) atoms. The molecule has 1 N–H and O–H groups in total. The second-order valence-electron chi connectivity index (χ2n) is 7.65. The normalized spacial score (nSPS) is 10.5. The highest BCUT2D eigenvalue weighted by Crippen LogP contribution is 2.12. The number of hydrogen-bond donors (Lipinski definition) is 1. The molecule has 0 atom stereocenters. The topological polar surface area (TPSA) is 37.3 Å². The maximum atomic E-state index is 10.4. The van der Waals surface area contributed by atoms with Crippen LogP contribution in [0.2, 0.25) is 0 Å². The third-order valence-electron chi connectivity index (χ3n) is 4.97. The van der Waals surface area contributed by atoms with E-state index >= 15 is 0 Å². The van der Waals surface area contributed by atoms with Gasteiger partial charge in [-0.05, 0) is 19.3 Å². The summed E-state index contributed by atoms with van der Waals surface area (Å²) in [6, 6.07) is 0. The van der Waals surface area contributed by atoms with E-state index in [1.807, 2.05) is 0 Å². The van der Waals surface area contributed by atoms with E-state index in [1.54, 1.807) is 0 Å². The van der Waals surface area contributed by atoms with Crippen LogP contribution in [0.5, 0.6) is 0 Å². The summed E-state index contributed by atoms with van der Waals surface area (Å²) in [5.74, 6) is 5.97. The van der Waals surface area contributed by atoms with Crippen molar-refractivity contribution in [1.29, 1.82) is 0 Å². The van der Waals surface area contributed by atoms with E-state index in [4.69, 9.17) is 5.11 Å². The molecule has 0 saturated carbocycles. The van der Waals surface area contributed by atoms with Gasteiger partial charge in [-0.3, -0.25) is 4.79 Å². The van der Waals surface area contributed by atoms with E-state index in [9.17, 15) is 4.79 Å². The molecular weight excluding hydrogens is 320 g/mol. The van der Waals surface area contributed by atoms with Gasteiger partial charge in [-0.15, -0.1) is 11.8 Å². The quantitative estimate of drug-likeness (QED) is 0.187. The monoisotopic (exact) mass is 364 g/mol. The van der Waals surface area contributed by atoms with Crippen LogP contribution in [0.3, 0.4) is 0 Å². The molecule has 2 heteroatoms. The molecule has 0 spiro atoms. The molecule has 0 fully saturated rings. The minimum atomic E-state index is -0.668. The Balaban J connectivity index is 3.11. The van der Waals surface area contributed by atoms with Gasteiger partial charge in [0.05, 0.1) is 0 Å².